The van der Waals surface area contributed by atoms with Crippen molar-refractivity contribution in [2.24, 2.45) is 5.41 Å². The number of fused-ring (bicyclic) bond motifs is 3. The van der Waals surface area contributed by atoms with Gasteiger partial charge in [0.25, 0.3) is 0 Å². The van der Waals surface area contributed by atoms with Crippen molar-refractivity contribution in [1.29, 1.82) is 0 Å². The number of aliphatic carboxylic acids is 1. The topological polar surface area (TPSA) is 95.9 Å². The molecule has 2 amide bonds. The highest BCUT2D eigenvalue weighted by atomic mass is 16.5. The Labute approximate surface area is 186 Å². The minimum atomic E-state index is -0.984. The lowest BCUT2D eigenvalue weighted by molar-refractivity contribution is -0.168. The fraction of sp³-hybridized carbons (Fsp3) is 0.400. The van der Waals surface area contributed by atoms with Crippen LogP contribution >= 0.6 is 0 Å². The quantitative estimate of drug-likeness (QED) is 0.752. The lowest BCUT2D eigenvalue weighted by Crippen LogP contribution is -2.70. The number of likely N-dealkylation sites (tertiary alicyclic amines) is 1. The molecular weight excluding hydrogens is 408 g/mol. The molecule has 1 saturated heterocycles. The monoisotopic (exact) mass is 434 g/mol. The first-order chi connectivity index (χ1) is 15.3. The Morgan fingerprint density at radius 2 is 1.59 bits per heavy atom. The fourth-order valence-corrected chi connectivity index (χ4v) is 5.13. The van der Waals surface area contributed by atoms with E-state index in [9.17, 15) is 19.5 Å². The number of ether oxygens (including phenoxy) is 1. The minimum Gasteiger partial charge on any atom is -0.481 e. The number of hydrogen-bond acceptors (Lipinski definition) is 4. The molecule has 2 fully saturated rings. The number of rotatable bonds is 5. The van der Waals surface area contributed by atoms with Crippen molar-refractivity contribution in [2.45, 2.75) is 37.6 Å². The lowest BCUT2D eigenvalue weighted by atomic mass is 9.73. The van der Waals surface area contributed by atoms with Crippen molar-refractivity contribution in [3.05, 3.63) is 59.7 Å². The standard InChI is InChI=1S/C25H26N2O5/c1-24(22(29)30)14-27(15-24)21(28)25(11-6-12-25)26-23(31)32-13-20-18-9-4-2-7-16(18)17-8-3-5-10-19(17)20/h2-5,7-10,20H,6,11-15H2,1H3,(H,26,31)(H,29,30). The number of nitrogens with zero attached hydrogens (tertiary/aromatic N) is 1. The normalized spacial score (nSPS) is 19.7. The van der Waals surface area contributed by atoms with Crippen molar-refractivity contribution in [1.82, 2.24) is 10.2 Å². The van der Waals surface area contributed by atoms with Gasteiger partial charge in [-0.3, -0.25) is 9.59 Å². The van der Waals surface area contributed by atoms with Gasteiger partial charge in [-0.25, -0.2) is 4.79 Å². The van der Waals surface area contributed by atoms with Gasteiger partial charge < -0.3 is 20.1 Å². The molecule has 0 aromatic heterocycles. The molecule has 5 rings (SSSR count). The molecule has 32 heavy (non-hydrogen) atoms. The molecule has 7 heteroatoms. The van der Waals surface area contributed by atoms with E-state index in [4.69, 9.17) is 4.74 Å². The van der Waals surface area contributed by atoms with Crippen LogP contribution in [-0.4, -0.2) is 53.2 Å². The summed E-state index contributed by atoms with van der Waals surface area (Å²) in [6.07, 6.45) is 1.30. The number of carbonyl (C=O) groups is 3. The summed E-state index contributed by atoms with van der Waals surface area (Å²) in [5.74, 6) is -1.17. The molecule has 7 nitrogen and oxygen atoms in total. The molecule has 0 unspecified atom stereocenters. The number of amides is 2. The van der Waals surface area contributed by atoms with Crippen LogP contribution in [0.2, 0.25) is 0 Å². The van der Waals surface area contributed by atoms with E-state index in [0.717, 1.165) is 28.7 Å². The number of hydrogen-bond donors (Lipinski definition) is 2. The van der Waals surface area contributed by atoms with Gasteiger partial charge in [-0.2, -0.15) is 0 Å². The Bertz CT molecular complexity index is 1060. The van der Waals surface area contributed by atoms with Gasteiger partial charge in [0.1, 0.15) is 17.6 Å². The van der Waals surface area contributed by atoms with Crippen LogP contribution in [0, 0.1) is 5.41 Å². The Hall–Kier alpha value is -3.35. The van der Waals surface area contributed by atoms with Crippen LogP contribution in [0.25, 0.3) is 11.1 Å². The van der Waals surface area contributed by atoms with E-state index in [1.807, 2.05) is 24.3 Å². The van der Waals surface area contributed by atoms with E-state index in [2.05, 4.69) is 29.6 Å². The van der Waals surface area contributed by atoms with Crippen LogP contribution in [-0.2, 0) is 14.3 Å². The average Bonchev–Trinajstić information content (AvgIpc) is 3.06. The van der Waals surface area contributed by atoms with Gasteiger partial charge in [-0.05, 0) is 48.4 Å². The second-order valence-electron chi connectivity index (χ2n) is 9.41. The van der Waals surface area contributed by atoms with Gasteiger partial charge in [0, 0.05) is 19.0 Å². The van der Waals surface area contributed by atoms with Gasteiger partial charge >= 0.3 is 12.1 Å². The highest BCUT2D eigenvalue weighted by molar-refractivity contribution is 5.93. The summed E-state index contributed by atoms with van der Waals surface area (Å²) in [7, 11) is 0. The Kier molecular flexibility index (Phi) is 4.73. The number of carboxylic acids is 1. The Balaban J connectivity index is 1.24. The van der Waals surface area contributed by atoms with Gasteiger partial charge in [0.05, 0.1) is 0 Å². The number of carboxylic acid groups (broad SMARTS) is 1. The van der Waals surface area contributed by atoms with Crippen LogP contribution in [0.1, 0.15) is 43.2 Å². The van der Waals surface area contributed by atoms with Gasteiger partial charge in [-0.1, -0.05) is 48.5 Å². The summed E-state index contributed by atoms with van der Waals surface area (Å²) >= 11 is 0. The predicted molar refractivity (Wildman–Crippen MR) is 117 cm³/mol. The minimum absolute atomic E-state index is 0.0483. The number of benzene rings is 2. The summed E-state index contributed by atoms with van der Waals surface area (Å²) in [6.45, 7) is 2.14. The fourth-order valence-electron chi connectivity index (χ4n) is 5.13. The van der Waals surface area contributed by atoms with E-state index >= 15 is 0 Å². The SMILES string of the molecule is CC1(C(=O)O)CN(C(=O)C2(NC(=O)OCC3c4ccccc4-c4ccccc43)CCC2)C1. The molecule has 0 spiro atoms. The highest BCUT2D eigenvalue weighted by Gasteiger charge is 2.55. The van der Waals surface area contributed by atoms with Crippen molar-refractivity contribution in [2.75, 3.05) is 19.7 Å². The van der Waals surface area contributed by atoms with Crippen molar-refractivity contribution in [3.63, 3.8) is 0 Å². The predicted octanol–water partition coefficient (Wildman–Crippen LogP) is 3.38. The summed E-state index contributed by atoms with van der Waals surface area (Å²) in [4.78, 5) is 38.6. The van der Waals surface area contributed by atoms with Gasteiger partial charge in [0.2, 0.25) is 5.91 Å². The summed E-state index contributed by atoms with van der Waals surface area (Å²) in [6, 6.07) is 16.2. The van der Waals surface area contributed by atoms with Crippen LogP contribution in [0.4, 0.5) is 4.79 Å². The zero-order chi connectivity index (χ0) is 22.5. The van der Waals surface area contributed by atoms with Crippen LogP contribution in [0.3, 0.4) is 0 Å². The maximum absolute atomic E-state index is 13.0. The largest absolute Gasteiger partial charge is 0.481 e. The molecule has 2 aromatic rings. The van der Waals surface area contributed by atoms with Crippen LogP contribution in [0.15, 0.2) is 48.5 Å². The van der Waals surface area contributed by atoms with E-state index in [0.29, 0.717) is 12.8 Å². The molecule has 2 aliphatic carbocycles. The van der Waals surface area contributed by atoms with Crippen LogP contribution < -0.4 is 5.32 Å². The number of carbonyl (C=O) groups excluding carboxylic acids is 2. The lowest BCUT2D eigenvalue weighted by Gasteiger charge is -2.51. The molecule has 0 bridgehead atoms. The van der Waals surface area contributed by atoms with E-state index in [1.54, 1.807) is 6.92 Å². The maximum Gasteiger partial charge on any atom is 0.408 e. The van der Waals surface area contributed by atoms with E-state index < -0.39 is 23.0 Å². The summed E-state index contributed by atoms with van der Waals surface area (Å²) < 4.78 is 5.62. The average molecular weight is 434 g/mol. The third kappa shape index (κ3) is 3.15. The van der Waals surface area contributed by atoms with Gasteiger partial charge in [-0.15, -0.1) is 0 Å². The van der Waals surface area contributed by atoms with Crippen molar-refractivity contribution in [3.8, 4) is 11.1 Å². The first-order valence-electron chi connectivity index (χ1n) is 11.0. The Morgan fingerprint density at radius 3 is 2.09 bits per heavy atom. The molecule has 0 atom stereocenters. The molecule has 166 valence electrons. The second kappa shape index (κ2) is 7.36. The third-order valence-corrected chi connectivity index (χ3v) is 7.18. The molecule has 1 saturated carbocycles. The molecule has 2 N–H and O–H groups in total. The second-order valence-corrected chi connectivity index (χ2v) is 9.41. The number of nitrogens with one attached hydrogen (secondary N) is 1. The van der Waals surface area contributed by atoms with Gasteiger partial charge in [0.15, 0.2) is 0 Å². The first-order valence-corrected chi connectivity index (χ1v) is 11.0. The summed E-state index contributed by atoms with van der Waals surface area (Å²) in [5.41, 5.74) is 2.67. The third-order valence-electron chi connectivity index (χ3n) is 7.18. The zero-order valence-electron chi connectivity index (χ0n) is 18.0. The smallest absolute Gasteiger partial charge is 0.408 e. The summed E-state index contributed by atoms with van der Waals surface area (Å²) in [5, 5.41) is 12.1. The highest BCUT2D eigenvalue weighted by Crippen LogP contribution is 2.44. The Morgan fingerprint density at radius 1 is 1.03 bits per heavy atom. The van der Waals surface area contributed by atoms with Crippen LogP contribution in [0.5, 0.6) is 0 Å². The maximum atomic E-state index is 13.0. The zero-order valence-corrected chi connectivity index (χ0v) is 18.0. The molecule has 3 aliphatic rings. The molecule has 1 heterocycles. The van der Waals surface area contributed by atoms with E-state index in [-0.39, 0.29) is 31.5 Å². The molecule has 2 aromatic carbocycles. The van der Waals surface area contributed by atoms with Crippen molar-refractivity contribution >= 4 is 18.0 Å². The molecular formula is C25H26N2O5. The number of alkyl carbamates (subject to hydrolysis) is 1. The van der Waals surface area contributed by atoms with Crippen molar-refractivity contribution < 1.29 is 24.2 Å². The first kappa shape index (κ1) is 20.5. The molecule has 0 radical (unpaired) electrons. The van der Waals surface area contributed by atoms with E-state index in [1.165, 1.54) is 4.90 Å². The molecule has 1 aliphatic heterocycles.